The molecule has 0 spiro atoms. The Morgan fingerprint density at radius 3 is 2.44 bits per heavy atom. The second-order valence-corrected chi connectivity index (χ2v) is 8.79. The Balaban J connectivity index is 1.45. The monoisotopic (exact) mass is 467 g/mol. The van der Waals surface area contributed by atoms with Gasteiger partial charge in [0.2, 0.25) is 5.89 Å². The van der Waals surface area contributed by atoms with Crippen LogP contribution < -0.4 is 4.90 Å². The van der Waals surface area contributed by atoms with E-state index in [4.69, 9.17) is 4.42 Å². The van der Waals surface area contributed by atoms with Crippen LogP contribution in [0.15, 0.2) is 59.3 Å². The summed E-state index contributed by atoms with van der Waals surface area (Å²) in [6.07, 6.45) is 4.99. The molecule has 0 amide bonds. The summed E-state index contributed by atoms with van der Waals surface area (Å²) in [6, 6.07) is 11.3. The summed E-state index contributed by atoms with van der Waals surface area (Å²) in [5.74, 6) is 0.0955. The Hall–Kier alpha value is -3.06. The molecule has 0 N–H and O–H groups in total. The van der Waals surface area contributed by atoms with Gasteiger partial charge in [-0.25, -0.2) is 13.8 Å². The molecule has 34 heavy (non-hydrogen) atoms. The minimum atomic E-state index is -0.309. The number of Topliss-reactive ketones (excluding diaryl/α,β-unsaturated/α-hetero) is 1. The average Bonchev–Trinajstić information content (AvgIpc) is 3.35. The third-order valence-electron chi connectivity index (χ3n) is 6.70. The van der Waals surface area contributed by atoms with Gasteiger partial charge in [0.25, 0.3) is 0 Å². The van der Waals surface area contributed by atoms with Crippen LogP contribution in [0, 0.1) is 17.6 Å². The lowest BCUT2D eigenvalue weighted by molar-refractivity contribution is -0.122. The molecule has 0 radical (unpaired) electrons. The van der Waals surface area contributed by atoms with Crippen LogP contribution in [0.25, 0.3) is 0 Å². The highest BCUT2D eigenvalue weighted by molar-refractivity contribution is 5.83. The third kappa shape index (κ3) is 5.36. The van der Waals surface area contributed by atoms with Gasteiger partial charge in [-0.2, -0.15) is 0 Å². The van der Waals surface area contributed by atoms with Gasteiger partial charge in [-0.05, 0) is 48.2 Å². The summed E-state index contributed by atoms with van der Waals surface area (Å²) < 4.78 is 34.5. The van der Waals surface area contributed by atoms with Crippen LogP contribution in [0.4, 0.5) is 14.5 Å². The first-order chi connectivity index (χ1) is 16.5. The fourth-order valence-electron chi connectivity index (χ4n) is 4.78. The number of benzene rings is 2. The van der Waals surface area contributed by atoms with Crippen LogP contribution in [0.5, 0.6) is 0 Å². The van der Waals surface area contributed by atoms with Crippen molar-refractivity contribution in [1.82, 2.24) is 9.88 Å². The number of anilines is 1. The molecular weight excluding hydrogens is 436 g/mol. The van der Waals surface area contributed by atoms with E-state index in [1.165, 1.54) is 24.5 Å². The first-order valence-electron chi connectivity index (χ1n) is 11.9. The number of rotatable bonds is 9. The molecule has 7 heteroatoms. The molecule has 1 saturated heterocycles. The molecule has 1 aliphatic rings. The topological polar surface area (TPSA) is 49.6 Å². The minimum absolute atomic E-state index is 0.0329. The Bertz CT molecular complexity index is 1090. The molecule has 0 saturated carbocycles. The zero-order chi connectivity index (χ0) is 24.1. The van der Waals surface area contributed by atoms with E-state index in [0.29, 0.717) is 43.3 Å². The molecule has 1 aromatic heterocycles. The summed E-state index contributed by atoms with van der Waals surface area (Å²) in [4.78, 5) is 20.9. The first-order valence-corrected chi connectivity index (χ1v) is 11.9. The molecule has 1 atom stereocenters. The van der Waals surface area contributed by atoms with Crippen LogP contribution in [0.3, 0.4) is 0 Å². The predicted molar refractivity (Wildman–Crippen MR) is 128 cm³/mol. The fourth-order valence-corrected chi connectivity index (χ4v) is 4.78. The van der Waals surface area contributed by atoms with Crippen molar-refractivity contribution < 1.29 is 18.0 Å². The second-order valence-electron chi connectivity index (χ2n) is 8.79. The van der Waals surface area contributed by atoms with Gasteiger partial charge < -0.3 is 9.32 Å². The number of ketones is 1. The molecule has 0 bridgehead atoms. The lowest BCUT2D eigenvalue weighted by Crippen LogP contribution is -2.48. The number of aromatic nitrogens is 1. The van der Waals surface area contributed by atoms with Crippen molar-refractivity contribution in [3.63, 3.8) is 0 Å². The number of hydrogen-bond acceptors (Lipinski definition) is 5. The predicted octanol–water partition coefficient (Wildman–Crippen LogP) is 5.41. The normalized spacial score (nSPS) is 15.6. The van der Waals surface area contributed by atoms with E-state index in [2.05, 4.69) is 9.88 Å². The lowest BCUT2D eigenvalue weighted by atomic mass is 9.93. The van der Waals surface area contributed by atoms with Crippen LogP contribution in [-0.2, 0) is 11.2 Å². The van der Waals surface area contributed by atoms with E-state index in [9.17, 15) is 9.18 Å². The maximum absolute atomic E-state index is 15.0. The zero-order valence-electron chi connectivity index (χ0n) is 19.7. The van der Waals surface area contributed by atoms with Crippen molar-refractivity contribution in [2.75, 3.05) is 31.1 Å². The highest BCUT2D eigenvalue weighted by Crippen LogP contribution is 2.31. The molecule has 3 aromatic rings. The number of carbonyl (C=O) groups is 1. The number of nitrogens with zero attached hydrogens (tertiary/aromatic N) is 3. The number of hydrogen-bond donors (Lipinski definition) is 0. The quantitative estimate of drug-likeness (QED) is 0.421. The molecule has 4 rings (SSSR count). The van der Waals surface area contributed by atoms with Crippen molar-refractivity contribution >= 4 is 11.5 Å². The maximum Gasteiger partial charge on any atom is 0.215 e. The van der Waals surface area contributed by atoms with Crippen LogP contribution >= 0.6 is 0 Å². The Labute approximate surface area is 199 Å². The Morgan fingerprint density at radius 1 is 1.06 bits per heavy atom. The van der Waals surface area contributed by atoms with Gasteiger partial charge in [0.15, 0.2) is 0 Å². The highest BCUT2D eigenvalue weighted by atomic mass is 19.1. The van der Waals surface area contributed by atoms with E-state index in [-0.39, 0.29) is 35.8 Å². The largest absolute Gasteiger partial charge is 0.447 e. The molecule has 2 aromatic carbocycles. The average molecular weight is 468 g/mol. The van der Waals surface area contributed by atoms with Gasteiger partial charge in [-0.3, -0.25) is 9.69 Å². The van der Waals surface area contributed by atoms with Crippen molar-refractivity contribution in [1.29, 1.82) is 0 Å². The maximum atomic E-state index is 15.0. The minimum Gasteiger partial charge on any atom is -0.447 e. The second kappa shape index (κ2) is 10.9. The number of oxazole rings is 1. The zero-order valence-corrected chi connectivity index (χ0v) is 19.7. The Kier molecular flexibility index (Phi) is 7.73. The summed E-state index contributed by atoms with van der Waals surface area (Å²) >= 11 is 0. The molecule has 2 heterocycles. The highest BCUT2D eigenvalue weighted by Gasteiger charge is 2.30. The first kappa shape index (κ1) is 24.1. The van der Waals surface area contributed by atoms with Gasteiger partial charge in [0.05, 0.1) is 11.9 Å². The van der Waals surface area contributed by atoms with Crippen molar-refractivity contribution in [3.8, 4) is 0 Å². The molecule has 1 unspecified atom stereocenters. The summed E-state index contributed by atoms with van der Waals surface area (Å²) in [6.45, 7) is 6.51. The van der Waals surface area contributed by atoms with E-state index >= 15 is 4.39 Å². The molecule has 0 aliphatic carbocycles. The number of halogens is 2. The number of carbonyl (C=O) groups excluding carboxylic acids is 1. The smallest absolute Gasteiger partial charge is 0.215 e. The van der Waals surface area contributed by atoms with Crippen molar-refractivity contribution in [3.05, 3.63) is 83.6 Å². The van der Waals surface area contributed by atoms with Gasteiger partial charge in [-0.1, -0.05) is 32.0 Å². The number of piperazine rings is 1. The summed E-state index contributed by atoms with van der Waals surface area (Å²) in [5.41, 5.74) is 2.03. The van der Waals surface area contributed by atoms with Crippen molar-refractivity contribution in [2.45, 2.75) is 39.2 Å². The van der Waals surface area contributed by atoms with E-state index in [1.807, 2.05) is 30.9 Å². The van der Waals surface area contributed by atoms with Crippen LogP contribution in [0.2, 0.25) is 0 Å². The standard InChI is InChI=1S/C27H31F2N3O2/c1-3-20(4-2)25(33)17-19-8-9-24(23(29)16-19)31-11-13-32(14-12-31)26(27-30-10-15-34-27)21-6-5-7-22(28)18-21/h5-10,15-16,18,20,26H,3-4,11-14,17H2,1-2H3. The van der Waals surface area contributed by atoms with Gasteiger partial charge in [-0.15, -0.1) is 0 Å². The molecule has 1 aliphatic heterocycles. The SMILES string of the molecule is CCC(CC)C(=O)Cc1ccc(N2CCN(C(c3cccc(F)c3)c3ncco3)CC2)c(F)c1. The van der Waals surface area contributed by atoms with E-state index in [1.54, 1.807) is 18.3 Å². The molecule has 5 nitrogen and oxygen atoms in total. The summed E-state index contributed by atoms with van der Waals surface area (Å²) in [7, 11) is 0. The van der Waals surface area contributed by atoms with Gasteiger partial charge in [0, 0.05) is 38.5 Å². The van der Waals surface area contributed by atoms with E-state index in [0.717, 1.165) is 18.4 Å². The lowest BCUT2D eigenvalue weighted by Gasteiger charge is -2.39. The molecular formula is C27H31F2N3O2. The third-order valence-corrected chi connectivity index (χ3v) is 6.70. The van der Waals surface area contributed by atoms with Crippen LogP contribution in [-0.4, -0.2) is 41.8 Å². The van der Waals surface area contributed by atoms with Gasteiger partial charge >= 0.3 is 0 Å². The fraction of sp³-hybridized carbons (Fsp3) is 0.407. The van der Waals surface area contributed by atoms with Crippen molar-refractivity contribution in [2.24, 2.45) is 5.92 Å². The Morgan fingerprint density at radius 2 is 1.82 bits per heavy atom. The molecule has 180 valence electrons. The summed E-state index contributed by atoms with van der Waals surface area (Å²) in [5, 5.41) is 0. The van der Waals surface area contributed by atoms with Crippen LogP contribution in [0.1, 0.15) is 49.7 Å². The van der Waals surface area contributed by atoms with E-state index < -0.39 is 0 Å². The molecule has 1 fully saturated rings. The van der Waals surface area contributed by atoms with Gasteiger partial charge in [0.1, 0.15) is 29.7 Å².